The van der Waals surface area contributed by atoms with E-state index in [4.69, 9.17) is 4.74 Å². The van der Waals surface area contributed by atoms with Crippen molar-refractivity contribution in [1.82, 2.24) is 15.5 Å². The molecule has 2 aliphatic rings. The van der Waals surface area contributed by atoms with E-state index >= 15 is 0 Å². The molecule has 8 heteroatoms. The SMILES string of the molecule is CCCCNC(=O)Nc1ccc(N2CCCC2)c(C(=O)NCCN2CCOCC2)c1. The zero-order valence-corrected chi connectivity index (χ0v) is 18.0. The van der Waals surface area contributed by atoms with Crippen LogP contribution >= 0.6 is 0 Å². The summed E-state index contributed by atoms with van der Waals surface area (Å²) in [6, 6.07) is 5.37. The minimum absolute atomic E-state index is 0.0970. The topological polar surface area (TPSA) is 85.9 Å². The van der Waals surface area contributed by atoms with Crippen molar-refractivity contribution in [3.05, 3.63) is 23.8 Å². The molecule has 3 N–H and O–H groups in total. The van der Waals surface area contributed by atoms with Crippen molar-refractivity contribution < 1.29 is 14.3 Å². The van der Waals surface area contributed by atoms with E-state index in [0.717, 1.165) is 77.3 Å². The van der Waals surface area contributed by atoms with Gasteiger partial charge in [-0.1, -0.05) is 13.3 Å². The third-order valence-corrected chi connectivity index (χ3v) is 5.58. The highest BCUT2D eigenvalue weighted by molar-refractivity contribution is 6.02. The Labute approximate surface area is 179 Å². The molecular formula is C22H35N5O3. The van der Waals surface area contributed by atoms with E-state index in [0.29, 0.717) is 24.3 Å². The van der Waals surface area contributed by atoms with Crippen molar-refractivity contribution in [3.8, 4) is 0 Å². The number of nitrogens with one attached hydrogen (secondary N) is 3. The van der Waals surface area contributed by atoms with Crippen LogP contribution in [0.5, 0.6) is 0 Å². The van der Waals surface area contributed by atoms with Gasteiger partial charge in [-0.15, -0.1) is 0 Å². The van der Waals surface area contributed by atoms with Crippen LogP contribution in [0.25, 0.3) is 0 Å². The lowest BCUT2D eigenvalue weighted by Gasteiger charge is -2.26. The quantitative estimate of drug-likeness (QED) is 0.537. The van der Waals surface area contributed by atoms with E-state index in [1.54, 1.807) is 6.07 Å². The predicted octanol–water partition coefficient (Wildman–Crippen LogP) is 2.27. The molecule has 0 radical (unpaired) electrons. The van der Waals surface area contributed by atoms with E-state index in [1.807, 2.05) is 12.1 Å². The Morgan fingerprint density at radius 1 is 1.03 bits per heavy atom. The molecule has 1 aromatic carbocycles. The van der Waals surface area contributed by atoms with Gasteiger partial charge in [0.25, 0.3) is 5.91 Å². The van der Waals surface area contributed by atoms with Crippen molar-refractivity contribution in [2.45, 2.75) is 32.6 Å². The van der Waals surface area contributed by atoms with Gasteiger partial charge in [0.15, 0.2) is 0 Å². The van der Waals surface area contributed by atoms with Gasteiger partial charge >= 0.3 is 6.03 Å². The molecule has 0 spiro atoms. The Kier molecular flexibility index (Phi) is 8.77. The van der Waals surface area contributed by atoms with Gasteiger partial charge in [-0.05, 0) is 37.5 Å². The van der Waals surface area contributed by atoms with Crippen LogP contribution < -0.4 is 20.9 Å². The van der Waals surface area contributed by atoms with Crippen molar-refractivity contribution in [2.24, 2.45) is 0 Å². The number of hydrogen-bond acceptors (Lipinski definition) is 5. The fourth-order valence-electron chi connectivity index (χ4n) is 3.83. The van der Waals surface area contributed by atoms with Crippen LogP contribution in [-0.4, -0.2) is 75.9 Å². The van der Waals surface area contributed by atoms with Crippen molar-refractivity contribution in [3.63, 3.8) is 0 Å². The summed E-state index contributed by atoms with van der Waals surface area (Å²) in [5.41, 5.74) is 2.18. The highest BCUT2D eigenvalue weighted by Gasteiger charge is 2.21. The van der Waals surface area contributed by atoms with E-state index in [9.17, 15) is 9.59 Å². The average molecular weight is 418 g/mol. The first-order valence-electron chi connectivity index (χ1n) is 11.2. The van der Waals surface area contributed by atoms with E-state index in [1.165, 1.54) is 0 Å². The number of unbranched alkanes of at least 4 members (excludes halogenated alkanes) is 1. The van der Waals surface area contributed by atoms with Crippen molar-refractivity contribution in [2.75, 3.05) is 69.2 Å². The second-order valence-corrected chi connectivity index (χ2v) is 7.87. The Morgan fingerprint density at radius 2 is 1.80 bits per heavy atom. The number of benzene rings is 1. The first-order valence-corrected chi connectivity index (χ1v) is 11.2. The molecule has 3 amide bonds. The second-order valence-electron chi connectivity index (χ2n) is 7.87. The van der Waals surface area contributed by atoms with Gasteiger partial charge in [0.2, 0.25) is 0 Å². The van der Waals surface area contributed by atoms with Crippen LogP contribution in [0.3, 0.4) is 0 Å². The minimum atomic E-state index is -0.240. The molecule has 0 atom stereocenters. The Balaban J connectivity index is 1.63. The van der Waals surface area contributed by atoms with E-state index in [-0.39, 0.29) is 11.9 Å². The third kappa shape index (κ3) is 6.60. The minimum Gasteiger partial charge on any atom is -0.379 e. The number of nitrogens with zero attached hydrogens (tertiary/aromatic N) is 2. The van der Waals surface area contributed by atoms with Gasteiger partial charge < -0.3 is 25.6 Å². The van der Waals surface area contributed by atoms with Crippen LogP contribution in [-0.2, 0) is 4.74 Å². The van der Waals surface area contributed by atoms with Crippen LogP contribution in [0.2, 0.25) is 0 Å². The van der Waals surface area contributed by atoms with Crippen LogP contribution in [0, 0.1) is 0 Å². The molecule has 0 aliphatic carbocycles. The molecular weight excluding hydrogens is 382 g/mol. The van der Waals surface area contributed by atoms with E-state index < -0.39 is 0 Å². The monoisotopic (exact) mass is 417 g/mol. The predicted molar refractivity (Wildman–Crippen MR) is 119 cm³/mol. The molecule has 30 heavy (non-hydrogen) atoms. The average Bonchev–Trinajstić information content (AvgIpc) is 3.29. The van der Waals surface area contributed by atoms with Gasteiger partial charge in [-0.25, -0.2) is 4.79 Å². The molecule has 1 aromatic rings. The second kappa shape index (κ2) is 11.8. The van der Waals surface area contributed by atoms with E-state index in [2.05, 4.69) is 32.7 Å². The molecule has 2 aliphatic heterocycles. The summed E-state index contributed by atoms with van der Waals surface area (Å²) in [5, 5.41) is 8.75. The molecule has 0 bridgehead atoms. The number of carbonyl (C=O) groups excluding carboxylic acids is 2. The lowest BCUT2D eigenvalue weighted by Crippen LogP contribution is -2.41. The summed E-state index contributed by atoms with van der Waals surface area (Å²) in [5.74, 6) is -0.0970. The van der Waals surface area contributed by atoms with Crippen LogP contribution in [0.1, 0.15) is 43.0 Å². The zero-order valence-electron chi connectivity index (χ0n) is 18.0. The number of urea groups is 1. The number of morpholine rings is 1. The molecule has 0 saturated carbocycles. The summed E-state index contributed by atoms with van der Waals surface area (Å²) >= 11 is 0. The van der Waals surface area contributed by atoms with Gasteiger partial charge in [0, 0.05) is 57.2 Å². The Bertz CT molecular complexity index is 700. The fourth-order valence-corrected chi connectivity index (χ4v) is 3.83. The smallest absolute Gasteiger partial charge is 0.319 e. The molecule has 166 valence electrons. The van der Waals surface area contributed by atoms with Crippen molar-refractivity contribution in [1.29, 1.82) is 0 Å². The summed E-state index contributed by atoms with van der Waals surface area (Å²) in [4.78, 5) is 29.7. The highest BCUT2D eigenvalue weighted by Crippen LogP contribution is 2.27. The van der Waals surface area contributed by atoms with Gasteiger partial charge in [-0.3, -0.25) is 9.69 Å². The molecule has 3 rings (SSSR count). The first-order chi connectivity index (χ1) is 14.7. The summed E-state index contributed by atoms with van der Waals surface area (Å²) < 4.78 is 5.37. The standard InChI is InChI=1S/C22H35N5O3/c1-2-3-8-24-22(29)25-18-6-7-20(27-10-4-5-11-27)19(17-18)21(28)23-9-12-26-13-15-30-16-14-26/h6-7,17H,2-5,8-16H2,1H3,(H,23,28)(H2,24,25,29). The maximum Gasteiger partial charge on any atom is 0.319 e. The highest BCUT2D eigenvalue weighted by atomic mass is 16.5. The third-order valence-electron chi connectivity index (χ3n) is 5.58. The molecule has 8 nitrogen and oxygen atoms in total. The molecule has 2 heterocycles. The number of anilines is 2. The first kappa shape index (κ1) is 22.4. The summed E-state index contributed by atoms with van der Waals surface area (Å²) in [6.07, 6.45) is 4.24. The zero-order chi connectivity index (χ0) is 21.2. The van der Waals surface area contributed by atoms with Crippen LogP contribution in [0.15, 0.2) is 18.2 Å². The molecule has 2 saturated heterocycles. The summed E-state index contributed by atoms with van der Waals surface area (Å²) in [7, 11) is 0. The largest absolute Gasteiger partial charge is 0.379 e. The Morgan fingerprint density at radius 3 is 2.53 bits per heavy atom. The molecule has 0 unspecified atom stereocenters. The number of amides is 3. The number of rotatable bonds is 9. The Hall–Kier alpha value is -2.32. The maximum atomic E-state index is 13.0. The fraction of sp³-hybridized carbons (Fsp3) is 0.636. The van der Waals surface area contributed by atoms with Crippen molar-refractivity contribution >= 4 is 23.3 Å². The molecule has 2 fully saturated rings. The number of hydrogen-bond donors (Lipinski definition) is 3. The van der Waals surface area contributed by atoms with Gasteiger partial charge in [0.05, 0.1) is 18.8 Å². The van der Waals surface area contributed by atoms with Gasteiger partial charge in [-0.2, -0.15) is 0 Å². The molecule has 0 aromatic heterocycles. The summed E-state index contributed by atoms with van der Waals surface area (Å²) in [6.45, 7) is 9.35. The van der Waals surface area contributed by atoms with Crippen LogP contribution in [0.4, 0.5) is 16.2 Å². The maximum absolute atomic E-state index is 13.0. The normalized spacial score (nSPS) is 17.0. The number of carbonyl (C=O) groups is 2. The lowest BCUT2D eigenvalue weighted by molar-refractivity contribution is 0.0383. The number of ether oxygens (including phenoxy) is 1. The lowest BCUT2D eigenvalue weighted by atomic mass is 10.1. The van der Waals surface area contributed by atoms with Gasteiger partial charge in [0.1, 0.15) is 0 Å².